The van der Waals surface area contributed by atoms with Crippen molar-refractivity contribution in [2.24, 2.45) is 0 Å². The van der Waals surface area contributed by atoms with Gasteiger partial charge in [0.15, 0.2) is 0 Å². The summed E-state index contributed by atoms with van der Waals surface area (Å²) in [5.74, 6) is -1.20. The number of hydrogen-bond acceptors (Lipinski definition) is 3. The molecule has 146 valence electrons. The van der Waals surface area contributed by atoms with Crippen LogP contribution >= 0.6 is 0 Å². The van der Waals surface area contributed by atoms with Crippen LogP contribution in [0.1, 0.15) is 38.0 Å². The molecule has 0 aliphatic carbocycles. The number of carbonyl (C=O) groups excluding carboxylic acids is 1. The van der Waals surface area contributed by atoms with Crippen LogP contribution in [0.5, 0.6) is 0 Å². The largest absolute Gasteiger partial charge is 0.478 e. The minimum absolute atomic E-state index is 0.173. The summed E-state index contributed by atoms with van der Waals surface area (Å²) in [4.78, 5) is 26.3. The third kappa shape index (κ3) is 2.78. The van der Waals surface area contributed by atoms with Crippen molar-refractivity contribution in [2.75, 3.05) is 4.90 Å². The number of carboxylic acids is 1. The molecule has 0 saturated heterocycles. The fourth-order valence-electron chi connectivity index (χ4n) is 3.94. The summed E-state index contributed by atoms with van der Waals surface area (Å²) >= 11 is 0. The maximum Gasteiger partial charge on any atom is 0.335 e. The van der Waals surface area contributed by atoms with E-state index in [4.69, 9.17) is 0 Å². The lowest BCUT2D eigenvalue weighted by Gasteiger charge is -2.26. The Hall–Kier alpha value is -4.19. The van der Waals surface area contributed by atoms with Gasteiger partial charge in [0.2, 0.25) is 0 Å². The van der Waals surface area contributed by atoms with Crippen molar-refractivity contribution < 1.29 is 14.7 Å². The monoisotopic (exact) mass is 395 g/mol. The van der Waals surface area contributed by atoms with Gasteiger partial charge >= 0.3 is 5.97 Å². The van der Waals surface area contributed by atoms with Crippen LogP contribution in [-0.4, -0.2) is 27.2 Å². The Morgan fingerprint density at radius 3 is 2.17 bits per heavy atom. The van der Waals surface area contributed by atoms with Crippen LogP contribution in [0.4, 0.5) is 5.69 Å². The lowest BCUT2D eigenvalue weighted by atomic mass is 9.96. The van der Waals surface area contributed by atoms with E-state index in [9.17, 15) is 14.7 Å². The van der Waals surface area contributed by atoms with Gasteiger partial charge in [0, 0.05) is 16.8 Å². The zero-order chi connectivity index (χ0) is 20.7. The number of carbonyl (C=O) groups is 2. The first-order valence-corrected chi connectivity index (χ1v) is 9.50. The summed E-state index contributed by atoms with van der Waals surface area (Å²) in [5.41, 5.74) is 4.67. The highest BCUT2D eigenvalue weighted by Crippen LogP contribution is 2.44. The van der Waals surface area contributed by atoms with Crippen LogP contribution in [0, 0.1) is 0 Å². The normalized spacial score (nSPS) is 15.3. The molecule has 0 fully saturated rings. The van der Waals surface area contributed by atoms with Gasteiger partial charge in [-0.15, -0.1) is 0 Å². The van der Waals surface area contributed by atoms with Gasteiger partial charge in [-0.25, -0.2) is 4.79 Å². The molecule has 0 bridgehead atoms. The zero-order valence-corrected chi connectivity index (χ0v) is 15.8. The van der Waals surface area contributed by atoms with Crippen molar-refractivity contribution in [1.82, 2.24) is 10.2 Å². The summed E-state index contributed by atoms with van der Waals surface area (Å²) in [5, 5.41) is 16.6. The maximum atomic E-state index is 13.4. The molecule has 1 aliphatic rings. The third-order valence-electron chi connectivity index (χ3n) is 5.32. The van der Waals surface area contributed by atoms with E-state index in [2.05, 4.69) is 10.2 Å². The lowest BCUT2D eigenvalue weighted by Crippen LogP contribution is -2.29. The smallest absolute Gasteiger partial charge is 0.335 e. The summed E-state index contributed by atoms with van der Waals surface area (Å²) in [7, 11) is 0. The van der Waals surface area contributed by atoms with Crippen LogP contribution in [0.15, 0.2) is 84.9 Å². The van der Waals surface area contributed by atoms with Crippen LogP contribution < -0.4 is 4.90 Å². The second kappa shape index (κ2) is 7.00. The van der Waals surface area contributed by atoms with Gasteiger partial charge < -0.3 is 5.11 Å². The van der Waals surface area contributed by atoms with E-state index in [-0.39, 0.29) is 17.5 Å². The number of aromatic carboxylic acids is 1. The molecule has 0 radical (unpaired) electrons. The molecule has 5 rings (SSSR count). The third-order valence-corrected chi connectivity index (χ3v) is 5.32. The highest BCUT2D eigenvalue weighted by molar-refractivity contribution is 6.11. The Morgan fingerprint density at radius 2 is 1.53 bits per heavy atom. The van der Waals surface area contributed by atoms with E-state index in [1.165, 1.54) is 12.1 Å². The standard InChI is InChI=1S/C24H17N3O3/c28-23-21-19(20(25-26-21)15-7-3-1-4-8-15)22(16-9-5-2-6-10-16)27(23)18-13-11-17(12-14-18)24(29)30/h1-14,22H,(H,25,26)(H,29,30)/t22-/m0/s1. The molecule has 1 aromatic heterocycles. The number of aromatic amines is 1. The minimum Gasteiger partial charge on any atom is -0.478 e. The van der Waals surface area contributed by atoms with Gasteiger partial charge in [-0.2, -0.15) is 5.10 Å². The quantitative estimate of drug-likeness (QED) is 0.532. The SMILES string of the molecule is O=C(O)c1ccc(N2C(=O)c3[nH]nc(-c4ccccc4)c3[C@@H]2c2ccccc2)cc1. The van der Waals surface area contributed by atoms with E-state index < -0.39 is 5.97 Å². The van der Waals surface area contributed by atoms with Crippen molar-refractivity contribution in [2.45, 2.75) is 6.04 Å². The van der Waals surface area contributed by atoms with Crippen molar-refractivity contribution in [1.29, 1.82) is 0 Å². The first-order valence-electron chi connectivity index (χ1n) is 9.50. The van der Waals surface area contributed by atoms with Gasteiger partial charge in [0.1, 0.15) is 5.69 Å². The summed E-state index contributed by atoms with van der Waals surface area (Å²) in [6.45, 7) is 0. The van der Waals surface area contributed by atoms with Gasteiger partial charge in [0.25, 0.3) is 5.91 Å². The molecular weight excluding hydrogens is 378 g/mol. The second-order valence-corrected chi connectivity index (χ2v) is 7.07. The minimum atomic E-state index is -1.00. The zero-order valence-electron chi connectivity index (χ0n) is 15.8. The van der Waals surface area contributed by atoms with E-state index in [0.717, 1.165) is 22.4 Å². The topological polar surface area (TPSA) is 86.3 Å². The maximum absolute atomic E-state index is 13.4. The molecule has 0 saturated carbocycles. The molecule has 3 aromatic carbocycles. The van der Waals surface area contributed by atoms with Crippen molar-refractivity contribution in [3.63, 3.8) is 0 Å². The van der Waals surface area contributed by atoms with Gasteiger partial charge in [-0.05, 0) is 29.8 Å². The predicted molar refractivity (Wildman–Crippen MR) is 113 cm³/mol. The molecule has 1 amide bonds. The van der Waals surface area contributed by atoms with Crippen LogP contribution in [0.3, 0.4) is 0 Å². The molecule has 1 atom stereocenters. The molecule has 1 aliphatic heterocycles. The number of H-pyrrole nitrogens is 1. The number of carboxylic acid groups (broad SMARTS) is 1. The fraction of sp³-hybridized carbons (Fsp3) is 0.0417. The molecule has 6 nitrogen and oxygen atoms in total. The summed E-state index contributed by atoms with van der Waals surface area (Å²) in [6, 6.07) is 25.5. The van der Waals surface area contributed by atoms with E-state index in [1.807, 2.05) is 60.7 Å². The summed E-state index contributed by atoms with van der Waals surface area (Å²) in [6.07, 6.45) is 0. The molecule has 0 spiro atoms. The van der Waals surface area contributed by atoms with E-state index in [1.54, 1.807) is 17.0 Å². The molecule has 30 heavy (non-hydrogen) atoms. The molecule has 0 unspecified atom stereocenters. The molecular formula is C24H17N3O3. The molecule has 2 N–H and O–H groups in total. The molecule has 2 heterocycles. The number of nitrogens with zero attached hydrogens (tertiary/aromatic N) is 2. The Bertz CT molecular complexity index is 1230. The summed E-state index contributed by atoms with van der Waals surface area (Å²) < 4.78 is 0. The van der Waals surface area contributed by atoms with Gasteiger partial charge in [-0.1, -0.05) is 60.7 Å². The number of anilines is 1. The fourth-order valence-corrected chi connectivity index (χ4v) is 3.94. The predicted octanol–water partition coefficient (Wildman–Crippen LogP) is 4.52. The Morgan fingerprint density at radius 1 is 0.900 bits per heavy atom. The highest BCUT2D eigenvalue weighted by atomic mass is 16.4. The number of fused-ring (bicyclic) bond motifs is 1. The first kappa shape index (κ1) is 17.9. The number of aromatic nitrogens is 2. The molecule has 4 aromatic rings. The Kier molecular flexibility index (Phi) is 4.17. The number of hydrogen-bond donors (Lipinski definition) is 2. The van der Waals surface area contributed by atoms with Crippen LogP contribution in [0.25, 0.3) is 11.3 Å². The number of benzene rings is 3. The van der Waals surface area contributed by atoms with Gasteiger partial charge in [-0.3, -0.25) is 14.8 Å². The highest BCUT2D eigenvalue weighted by Gasteiger charge is 2.43. The average molecular weight is 395 g/mol. The Labute approximate surface area is 172 Å². The number of rotatable bonds is 4. The van der Waals surface area contributed by atoms with E-state index in [0.29, 0.717) is 11.4 Å². The van der Waals surface area contributed by atoms with Crippen molar-refractivity contribution in [3.8, 4) is 11.3 Å². The second-order valence-electron chi connectivity index (χ2n) is 7.07. The lowest BCUT2D eigenvalue weighted by molar-refractivity contribution is 0.0696. The Balaban J connectivity index is 1.69. The number of nitrogens with one attached hydrogen (secondary N) is 1. The average Bonchev–Trinajstić information content (AvgIpc) is 3.34. The number of amides is 1. The first-order chi connectivity index (χ1) is 14.6. The van der Waals surface area contributed by atoms with Crippen LogP contribution in [0.2, 0.25) is 0 Å². The van der Waals surface area contributed by atoms with Gasteiger partial charge in [0.05, 0.1) is 17.3 Å². The van der Waals surface area contributed by atoms with Crippen LogP contribution in [-0.2, 0) is 0 Å². The van der Waals surface area contributed by atoms with Crippen molar-refractivity contribution >= 4 is 17.6 Å². The van der Waals surface area contributed by atoms with Crippen molar-refractivity contribution in [3.05, 3.63) is 107 Å². The van der Waals surface area contributed by atoms with E-state index >= 15 is 0 Å². The molecule has 6 heteroatoms.